The topological polar surface area (TPSA) is 21.3 Å². The number of nitrogens with one attached hydrogen (secondary N) is 1. The largest absolute Gasteiger partial charge is 0.383 e. The minimum absolute atomic E-state index is 0.722. The van der Waals surface area contributed by atoms with Crippen LogP contribution in [-0.2, 0) is 4.74 Å². The molecule has 0 aliphatic heterocycles. The fourth-order valence-electron chi connectivity index (χ4n) is 2.47. The summed E-state index contributed by atoms with van der Waals surface area (Å²) in [5, 5.41) is 3.46. The van der Waals surface area contributed by atoms with Crippen molar-refractivity contribution in [3.63, 3.8) is 0 Å². The van der Waals surface area contributed by atoms with E-state index in [4.69, 9.17) is 4.74 Å². The molecule has 0 saturated heterocycles. The molecule has 13 heavy (non-hydrogen) atoms. The third kappa shape index (κ3) is 2.05. The maximum Gasteiger partial charge on any atom is 0.0587 e. The van der Waals surface area contributed by atoms with E-state index in [1.165, 1.54) is 25.8 Å². The lowest BCUT2D eigenvalue weighted by Gasteiger charge is -2.09. The van der Waals surface area contributed by atoms with Crippen LogP contribution < -0.4 is 5.32 Å². The summed E-state index contributed by atoms with van der Waals surface area (Å²) in [5.74, 6) is 2.03. The third-order valence-electron chi connectivity index (χ3n) is 3.84. The van der Waals surface area contributed by atoms with Crippen LogP contribution in [0.4, 0.5) is 0 Å². The van der Waals surface area contributed by atoms with Crippen molar-refractivity contribution in [2.75, 3.05) is 26.8 Å². The van der Waals surface area contributed by atoms with Crippen molar-refractivity contribution in [1.29, 1.82) is 0 Å². The summed E-state index contributed by atoms with van der Waals surface area (Å²) in [6.45, 7) is 5.52. The lowest BCUT2D eigenvalue weighted by atomic mass is 10.0. The minimum atomic E-state index is 0.722. The van der Waals surface area contributed by atoms with E-state index < -0.39 is 0 Å². The highest BCUT2D eigenvalue weighted by molar-refractivity contribution is 5.07. The first-order valence-electron chi connectivity index (χ1n) is 5.47. The van der Waals surface area contributed by atoms with E-state index in [2.05, 4.69) is 12.2 Å². The molecule has 0 bridgehead atoms. The Morgan fingerprint density at radius 3 is 2.85 bits per heavy atom. The second-order valence-corrected chi connectivity index (χ2v) is 4.88. The molecule has 0 aromatic rings. The summed E-state index contributed by atoms with van der Waals surface area (Å²) in [6.07, 6.45) is 4.44. The smallest absolute Gasteiger partial charge is 0.0587 e. The number of hydrogen-bond acceptors (Lipinski definition) is 2. The van der Waals surface area contributed by atoms with Gasteiger partial charge in [-0.1, -0.05) is 6.92 Å². The van der Waals surface area contributed by atoms with Crippen molar-refractivity contribution >= 4 is 0 Å². The highest BCUT2D eigenvalue weighted by atomic mass is 16.5. The van der Waals surface area contributed by atoms with Crippen molar-refractivity contribution in [2.24, 2.45) is 17.3 Å². The van der Waals surface area contributed by atoms with E-state index in [1.54, 1.807) is 7.11 Å². The Hall–Kier alpha value is -0.0800. The third-order valence-corrected chi connectivity index (χ3v) is 3.84. The molecular formula is C11H21NO. The predicted octanol–water partition coefficient (Wildman–Crippen LogP) is 1.66. The van der Waals surface area contributed by atoms with Gasteiger partial charge < -0.3 is 10.1 Å². The maximum atomic E-state index is 4.99. The lowest BCUT2D eigenvalue weighted by molar-refractivity contribution is 0.198. The average molecular weight is 183 g/mol. The zero-order chi connectivity index (χ0) is 9.31. The summed E-state index contributed by atoms with van der Waals surface area (Å²) in [5.41, 5.74) is 0.722. The van der Waals surface area contributed by atoms with Crippen LogP contribution in [0.2, 0.25) is 0 Å². The minimum Gasteiger partial charge on any atom is -0.383 e. The van der Waals surface area contributed by atoms with Gasteiger partial charge in [0.25, 0.3) is 0 Å². The molecule has 0 radical (unpaired) electrons. The number of ether oxygens (including phenoxy) is 1. The summed E-state index contributed by atoms with van der Waals surface area (Å²) in [7, 11) is 1.76. The zero-order valence-electron chi connectivity index (χ0n) is 8.81. The Kier molecular flexibility index (Phi) is 2.61. The van der Waals surface area contributed by atoms with Gasteiger partial charge >= 0.3 is 0 Å². The van der Waals surface area contributed by atoms with Crippen LogP contribution in [0.1, 0.15) is 26.2 Å². The first kappa shape index (κ1) is 9.47. The molecule has 0 amide bonds. The van der Waals surface area contributed by atoms with Crippen molar-refractivity contribution < 1.29 is 4.74 Å². The SMILES string of the molecule is COCCNCC1CC1(C)C1CC1. The maximum absolute atomic E-state index is 4.99. The molecule has 2 aliphatic carbocycles. The predicted molar refractivity (Wildman–Crippen MR) is 53.7 cm³/mol. The Morgan fingerprint density at radius 1 is 1.46 bits per heavy atom. The molecule has 0 aromatic carbocycles. The van der Waals surface area contributed by atoms with Crippen molar-refractivity contribution in [1.82, 2.24) is 5.32 Å². The highest BCUT2D eigenvalue weighted by Crippen LogP contribution is 2.64. The van der Waals surface area contributed by atoms with Gasteiger partial charge in [-0.15, -0.1) is 0 Å². The first-order valence-corrected chi connectivity index (χ1v) is 5.47. The molecule has 1 N–H and O–H groups in total. The fraction of sp³-hybridized carbons (Fsp3) is 1.00. The summed E-state index contributed by atoms with van der Waals surface area (Å²) in [4.78, 5) is 0. The van der Waals surface area contributed by atoms with Gasteiger partial charge in [0.15, 0.2) is 0 Å². The molecule has 2 saturated carbocycles. The van der Waals surface area contributed by atoms with Gasteiger partial charge in [-0.05, 0) is 43.1 Å². The summed E-state index contributed by atoms with van der Waals surface area (Å²) in [6, 6.07) is 0. The Balaban J connectivity index is 1.57. The van der Waals surface area contributed by atoms with Crippen LogP contribution in [0, 0.1) is 17.3 Å². The molecule has 2 atom stereocenters. The number of rotatable bonds is 6. The van der Waals surface area contributed by atoms with E-state index in [1.807, 2.05) is 0 Å². The molecule has 2 rings (SSSR count). The molecule has 2 nitrogen and oxygen atoms in total. The van der Waals surface area contributed by atoms with E-state index in [-0.39, 0.29) is 0 Å². The quantitative estimate of drug-likeness (QED) is 0.632. The van der Waals surface area contributed by atoms with Gasteiger partial charge in [-0.25, -0.2) is 0 Å². The highest BCUT2D eigenvalue weighted by Gasteiger charge is 2.57. The van der Waals surface area contributed by atoms with E-state index in [0.29, 0.717) is 0 Å². The number of hydrogen-bond donors (Lipinski definition) is 1. The number of methoxy groups -OCH3 is 1. The molecule has 76 valence electrons. The van der Waals surface area contributed by atoms with Gasteiger partial charge in [0, 0.05) is 13.7 Å². The van der Waals surface area contributed by atoms with Crippen LogP contribution in [0.5, 0.6) is 0 Å². The molecule has 0 aromatic heterocycles. The van der Waals surface area contributed by atoms with Crippen molar-refractivity contribution in [3.8, 4) is 0 Å². The molecule has 2 fully saturated rings. The summed E-state index contributed by atoms with van der Waals surface area (Å²) >= 11 is 0. The lowest BCUT2D eigenvalue weighted by Crippen LogP contribution is -2.23. The van der Waals surface area contributed by atoms with Crippen LogP contribution >= 0.6 is 0 Å². The average Bonchev–Trinajstić information content (AvgIpc) is 2.94. The molecule has 2 aliphatic rings. The fourth-order valence-corrected chi connectivity index (χ4v) is 2.47. The van der Waals surface area contributed by atoms with E-state index in [9.17, 15) is 0 Å². The van der Waals surface area contributed by atoms with Crippen molar-refractivity contribution in [2.45, 2.75) is 26.2 Å². The van der Waals surface area contributed by atoms with E-state index in [0.717, 1.165) is 30.4 Å². The van der Waals surface area contributed by atoms with E-state index >= 15 is 0 Å². The van der Waals surface area contributed by atoms with Gasteiger partial charge in [-0.2, -0.15) is 0 Å². The van der Waals surface area contributed by atoms with Gasteiger partial charge in [-0.3, -0.25) is 0 Å². The molecule has 0 heterocycles. The second-order valence-electron chi connectivity index (χ2n) is 4.88. The van der Waals surface area contributed by atoms with Crippen LogP contribution in [0.15, 0.2) is 0 Å². The molecule has 0 spiro atoms. The molecule has 2 heteroatoms. The molecule has 2 unspecified atom stereocenters. The normalized spacial score (nSPS) is 37.8. The van der Waals surface area contributed by atoms with Crippen molar-refractivity contribution in [3.05, 3.63) is 0 Å². The first-order chi connectivity index (χ1) is 6.27. The Bertz CT molecular complexity index is 179. The van der Waals surface area contributed by atoms with Gasteiger partial charge in [0.05, 0.1) is 6.61 Å². The van der Waals surface area contributed by atoms with Gasteiger partial charge in [0.2, 0.25) is 0 Å². The summed E-state index contributed by atoms with van der Waals surface area (Å²) < 4.78 is 4.99. The van der Waals surface area contributed by atoms with Crippen LogP contribution in [0.25, 0.3) is 0 Å². The molecular weight excluding hydrogens is 162 g/mol. The Labute approximate surface area is 81.0 Å². The van der Waals surface area contributed by atoms with Crippen LogP contribution in [0.3, 0.4) is 0 Å². The monoisotopic (exact) mass is 183 g/mol. The van der Waals surface area contributed by atoms with Gasteiger partial charge in [0.1, 0.15) is 0 Å². The standard InChI is InChI=1S/C11H21NO/c1-11(9-3-4-9)7-10(11)8-12-5-6-13-2/h9-10,12H,3-8H2,1-2H3. The Morgan fingerprint density at radius 2 is 2.23 bits per heavy atom. The second kappa shape index (κ2) is 3.58. The zero-order valence-corrected chi connectivity index (χ0v) is 8.81. The van der Waals surface area contributed by atoms with Crippen LogP contribution in [-0.4, -0.2) is 26.8 Å².